The Bertz CT molecular complexity index is 1220. The number of benzene rings is 2. The van der Waals surface area contributed by atoms with Gasteiger partial charge in [-0.2, -0.15) is 4.98 Å². The van der Waals surface area contributed by atoms with E-state index in [-0.39, 0.29) is 25.8 Å². The maximum Gasteiger partial charge on any atom is 0.352 e. The standard InChI is InChI=1S/C27H30N2O8/c1-19(30)34-16-25(17-35-20(2)31)37-18-29-14-23(26(33-3)28-27(29)32)12-22-10-7-11-24(13-22)36-15-21-8-5-4-6-9-21/h4-11,13-14,25H,12,15-18H2,1-3H3. The van der Waals surface area contributed by atoms with Crippen molar-refractivity contribution in [2.45, 2.75) is 39.7 Å². The van der Waals surface area contributed by atoms with Crippen LogP contribution in [0.4, 0.5) is 0 Å². The minimum Gasteiger partial charge on any atom is -0.489 e. The normalized spacial score (nSPS) is 10.7. The molecule has 3 aromatic rings. The van der Waals surface area contributed by atoms with Gasteiger partial charge in [0.15, 0.2) is 0 Å². The fraction of sp³-hybridized carbons (Fsp3) is 0.333. The Kier molecular flexibility index (Phi) is 10.2. The van der Waals surface area contributed by atoms with E-state index < -0.39 is 23.7 Å². The second-order valence-corrected chi connectivity index (χ2v) is 8.15. The molecule has 0 saturated carbocycles. The first-order valence-electron chi connectivity index (χ1n) is 11.6. The van der Waals surface area contributed by atoms with Crippen LogP contribution in [0.15, 0.2) is 65.6 Å². The summed E-state index contributed by atoms with van der Waals surface area (Å²) in [6.45, 7) is 2.49. The smallest absolute Gasteiger partial charge is 0.352 e. The SMILES string of the molecule is COc1nc(=O)n(COC(COC(C)=O)COC(C)=O)cc1Cc1cccc(OCc2ccccc2)c1. The van der Waals surface area contributed by atoms with Crippen molar-refractivity contribution in [3.63, 3.8) is 0 Å². The minimum atomic E-state index is -0.760. The predicted octanol–water partition coefficient (Wildman–Crippen LogP) is 2.89. The Hall–Kier alpha value is -4.18. The summed E-state index contributed by atoms with van der Waals surface area (Å²) < 4.78 is 28.1. The van der Waals surface area contributed by atoms with Gasteiger partial charge >= 0.3 is 17.6 Å². The number of esters is 2. The molecule has 196 valence electrons. The molecular formula is C27H30N2O8. The summed E-state index contributed by atoms with van der Waals surface area (Å²) in [7, 11) is 1.44. The maximum absolute atomic E-state index is 12.5. The fourth-order valence-electron chi connectivity index (χ4n) is 3.37. The number of carbonyl (C=O) groups is 2. The van der Waals surface area contributed by atoms with E-state index >= 15 is 0 Å². The third kappa shape index (κ3) is 9.08. The van der Waals surface area contributed by atoms with Gasteiger partial charge in [0, 0.05) is 32.0 Å². The van der Waals surface area contributed by atoms with Gasteiger partial charge in [-0.3, -0.25) is 14.2 Å². The van der Waals surface area contributed by atoms with Crippen LogP contribution in [0, 0.1) is 0 Å². The zero-order valence-corrected chi connectivity index (χ0v) is 21.0. The first-order chi connectivity index (χ1) is 17.8. The number of ether oxygens (including phenoxy) is 5. The Morgan fingerprint density at radius 2 is 1.62 bits per heavy atom. The van der Waals surface area contributed by atoms with E-state index in [0.717, 1.165) is 11.1 Å². The van der Waals surface area contributed by atoms with Crippen LogP contribution in [0.3, 0.4) is 0 Å². The van der Waals surface area contributed by atoms with Gasteiger partial charge in [-0.25, -0.2) is 4.79 Å². The van der Waals surface area contributed by atoms with Crippen LogP contribution in [0.1, 0.15) is 30.5 Å². The van der Waals surface area contributed by atoms with Crippen LogP contribution in [-0.2, 0) is 43.6 Å². The summed E-state index contributed by atoms with van der Waals surface area (Å²) >= 11 is 0. The number of nitrogens with zero attached hydrogens (tertiary/aromatic N) is 2. The van der Waals surface area contributed by atoms with Crippen molar-refractivity contribution in [3.05, 3.63) is 88.0 Å². The lowest BCUT2D eigenvalue weighted by Crippen LogP contribution is -2.32. The highest BCUT2D eigenvalue weighted by atomic mass is 16.6. The first kappa shape index (κ1) is 27.4. The molecule has 0 atom stereocenters. The van der Waals surface area contributed by atoms with E-state index in [1.807, 2.05) is 54.6 Å². The van der Waals surface area contributed by atoms with E-state index in [2.05, 4.69) is 4.98 Å². The minimum absolute atomic E-state index is 0.135. The largest absolute Gasteiger partial charge is 0.489 e. The summed E-state index contributed by atoms with van der Waals surface area (Å²) in [6, 6.07) is 17.5. The van der Waals surface area contributed by atoms with Crippen molar-refractivity contribution >= 4 is 11.9 Å². The van der Waals surface area contributed by atoms with Crippen molar-refractivity contribution in [3.8, 4) is 11.6 Å². The second kappa shape index (κ2) is 13.8. The summed E-state index contributed by atoms with van der Waals surface area (Å²) in [5.41, 5.74) is 2.06. The molecule has 0 bridgehead atoms. The monoisotopic (exact) mass is 510 g/mol. The van der Waals surface area contributed by atoms with Crippen LogP contribution in [-0.4, -0.2) is 47.9 Å². The molecule has 37 heavy (non-hydrogen) atoms. The molecule has 2 aromatic carbocycles. The highest BCUT2D eigenvalue weighted by Gasteiger charge is 2.16. The molecule has 0 N–H and O–H groups in total. The van der Waals surface area contributed by atoms with Gasteiger partial charge in [0.2, 0.25) is 5.88 Å². The summed E-state index contributed by atoms with van der Waals surface area (Å²) in [5.74, 6) is -0.0918. The van der Waals surface area contributed by atoms with Crippen molar-refractivity contribution in [2.24, 2.45) is 0 Å². The van der Waals surface area contributed by atoms with Crippen LogP contribution in [0.2, 0.25) is 0 Å². The molecule has 0 aliphatic carbocycles. The topological polar surface area (TPSA) is 115 Å². The second-order valence-electron chi connectivity index (χ2n) is 8.15. The number of methoxy groups -OCH3 is 1. The van der Waals surface area contributed by atoms with Gasteiger partial charge in [0.1, 0.15) is 38.4 Å². The molecule has 10 heteroatoms. The zero-order valence-electron chi connectivity index (χ0n) is 21.0. The van der Waals surface area contributed by atoms with Crippen LogP contribution in [0.5, 0.6) is 11.6 Å². The fourth-order valence-corrected chi connectivity index (χ4v) is 3.37. The summed E-state index contributed by atoms with van der Waals surface area (Å²) in [5, 5.41) is 0. The molecule has 1 aromatic heterocycles. The van der Waals surface area contributed by atoms with Crippen molar-refractivity contribution in [1.29, 1.82) is 0 Å². The Labute approximate surface area is 214 Å². The van der Waals surface area contributed by atoms with Gasteiger partial charge in [-0.05, 0) is 23.3 Å². The van der Waals surface area contributed by atoms with E-state index in [0.29, 0.717) is 24.3 Å². The third-order valence-electron chi connectivity index (χ3n) is 5.16. The summed E-state index contributed by atoms with van der Waals surface area (Å²) in [4.78, 5) is 38.9. The van der Waals surface area contributed by atoms with E-state index in [1.165, 1.54) is 25.5 Å². The van der Waals surface area contributed by atoms with Gasteiger partial charge in [-0.15, -0.1) is 0 Å². The van der Waals surface area contributed by atoms with Gasteiger partial charge in [0.25, 0.3) is 0 Å². The van der Waals surface area contributed by atoms with Crippen LogP contribution in [0.25, 0.3) is 0 Å². The molecule has 0 unspecified atom stereocenters. The molecule has 0 saturated heterocycles. The van der Waals surface area contributed by atoms with Crippen molar-refractivity contribution in [1.82, 2.24) is 9.55 Å². The number of aromatic nitrogens is 2. The zero-order chi connectivity index (χ0) is 26.6. The lowest BCUT2D eigenvalue weighted by atomic mass is 10.1. The molecule has 0 fully saturated rings. The van der Waals surface area contributed by atoms with Crippen molar-refractivity contribution < 1.29 is 33.3 Å². The highest BCUT2D eigenvalue weighted by molar-refractivity contribution is 5.66. The average molecular weight is 511 g/mol. The van der Waals surface area contributed by atoms with E-state index in [9.17, 15) is 14.4 Å². The van der Waals surface area contributed by atoms with Crippen molar-refractivity contribution in [2.75, 3.05) is 20.3 Å². The molecule has 1 heterocycles. The molecule has 0 amide bonds. The van der Waals surface area contributed by atoms with Gasteiger partial charge in [-0.1, -0.05) is 42.5 Å². The summed E-state index contributed by atoms with van der Waals surface area (Å²) in [6.07, 6.45) is 1.26. The number of rotatable bonds is 13. The maximum atomic E-state index is 12.5. The third-order valence-corrected chi connectivity index (χ3v) is 5.16. The number of carbonyl (C=O) groups excluding carboxylic acids is 2. The predicted molar refractivity (Wildman–Crippen MR) is 133 cm³/mol. The van der Waals surface area contributed by atoms with E-state index in [4.69, 9.17) is 23.7 Å². The quantitative estimate of drug-likeness (QED) is 0.320. The Morgan fingerprint density at radius 3 is 2.27 bits per heavy atom. The highest BCUT2D eigenvalue weighted by Crippen LogP contribution is 2.21. The van der Waals surface area contributed by atoms with Gasteiger partial charge < -0.3 is 23.7 Å². The molecule has 0 aliphatic rings. The van der Waals surface area contributed by atoms with Crippen LogP contribution < -0.4 is 15.2 Å². The first-order valence-corrected chi connectivity index (χ1v) is 11.6. The Balaban J connectivity index is 1.71. The molecular weight excluding hydrogens is 480 g/mol. The molecule has 0 radical (unpaired) electrons. The number of hydrogen-bond donors (Lipinski definition) is 0. The molecule has 0 spiro atoms. The van der Waals surface area contributed by atoms with E-state index in [1.54, 1.807) is 6.20 Å². The molecule has 10 nitrogen and oxygen atoms in total. The lowest BCUT2D eigenvalue weighted by Gasteiger charge is -2.18. The van der Waals surface area contributed by atoms with Gasteiger partial charge in [0.05, 0.1) is 7.11 Å². The number of hydrogen-bond acceptors (Lipinski definition) is 9. The molecule has 0 aliphatic heterocycles. The Morgan fingerprint density at radius 1 is 0.946 bits per heavy atom. The van der Waals surface area contributed by atoms with Crippen LogP contribution >= 0.6 is 0 Å². The average Bonchev–Trinajstić information content (AvgIpc) is 2.89. The lowest BCUT2D eigenvalue weighted by molar-refractivity contribution is -0.154. The molecule has 3 rings (SSSR count).